The van der Waals surface area contributed by atoms with Crippen LogP contribution in [0.15, 0.2) is 12.3 Å². The lowest BCUT2D eigenvalue weighted by molar-refractivity contribution is 0.546. The van der Waals surface area contributed by atoms with Crippen molar-refractivity contribution in [2.75, 3.05) is 18.5 Å². The van der Waals surface area contributed by atoms with Crippen molar-refractivity contribution in [1.29, 1.82) is 0 Å². The molecule has 1 aromatic heterocycles. The summed E-state index contributed by atoms with van der Waals surface area (Å²) in [4.78, 5) is 2.16. The van der Waals surface area contributed by atoms with Gasteiger partial charge in [-0.25, -0.2) is 4.68 Å². The van der Waals surface area contributed by atoms with Crippen LogP contribution in [0.5, 0.6) is 0 Å². The van der Waals surface area contributed by atoms with Crippen LogP contribution in [0.1, 0.15) is 6.42 Å². The van der Waals surface area contributed by atoms with Crippen molar-refractivity contribution in [2.45, 2.75) is 19.0 Å². The Bertz CT molecular complexity index is 268. The average molecular weight is 166 g/mol. The first-order chi connectivity index (χ1) is 5.77. The van der Waals surface area contributed by atoms with E-state index in [2.05, 4.69) is 17.0 Å². The van der Waals surface area contributed by atoms with Crippen molar-refractivity contribution in [3.63, 3.8) is 0 Å². The highest BCUT2D eigenvalue weighted by Crippen LogP contribution is 2.16. The number of aromatic nitrogens is 2. The highest BCUT2D eigenvalue weighted by Gasteiger charge is 2.16. The molecule has 4 nitrogen and oxygen atoms in total. The monoisotopic (exact) mass is 166 g/mol. The Kier molecular flexibility index (Phi) is 1.77. The quantitative estimate of drug-likeness (QED) is 0.592. The van der Waals surface area contributed by atoms with E-state index in [9.17, 15) is 0 Å². The van der Waals surface area contributed by atoms with Crippen LogP contribution in [0.2, 0.25) is 0 Å². The number of aryl methyl sites for hydroxylation is 1. The van der Waals surface area contributed by atoms with Gasteiger partial charge < -0.3 is 10.6 Å². The van der Waals surface area contributed by atoms with Crippen molar-refractivity contribution < 1.29 is 0 Å². The lowest BCUT2D eigenvalue weighted by Gasteiger charge is -2.18. The molecule has 12 heavy (non-hydrogen) atoms. The van der Waals surface area contributed by atoms with E-state index in [0.29, 0.717) is 0 Å². The maximum Gasteiger partial charge on any atom is 0.126 e. The molecule has 66 valence electrons. The molecule has 0 radical (unpaired) electrons. The maximum atomic E-state index is 5.88. The fourth-order valence-corrected chi connectivity index (χ4v) is 1.65. The summed E-state index contributed by atoms with van der Waals surface area (Å²) in [5.41, 5.74) is 5.88. The largest absolute Gasteiger partial charge is 0.358 e. The summed E-state index contributed by atoms with van der Waals surface area (Å²) >= 11 is 0. The maximum absolute atomic E-state index is 5.88. The molecule has 2 rings (SSSR count). The number of likely N-dealkylation sites (N-methyl/N-ethyl adjacent to an activating group) is 1. The topological polar surface area (TPSA) is 47.1 Å². The number of nitrogens with two attached hydrogens (primary N) is 1. The van der Waals surface area contributed by atoms with Gasteiger partial charge in [-0.2, -0.15) is 5.10 Å². The van der Waals surface area contributed by atoms with Gasteiger partial charge >= 0.3 is 0 Å². The minimum atomic E-state index is 0.275. The number of rotatable bonds is 0. The molecule has 2 heterocycles. The molecule has 1 atom stereocenters. The fraction of sp³-hybridized carbons (Fsp3) is 0.625. The molecular weight excluding hydrogens is 152 g/mol. The highest BCUT2D eigenvalue weighted by molar-refractivity contribution is 5.38. The predicted octanol–water partition coefficient (Wildman–Crippen LogP) is 0.0503. The lowest BCUT2D eigenvalue weighted by atomic mass is 10.2. The molecule has 1 unspecified atom stereocenters. The van der Waals surface area contributed by atoms with E-state index >= 15 is 0 Å². The summed E-state index contributed by atoms with van der Waals surface area (Å²) in [5.74, 6) is 1.17. The van der Waals surface area contributed by atoms with E-state index in [1.165, 1.54) is 5.82 Å². The summed E-state index contributed by atoms with van der Waals surface area (Å²) in [6, 6.07) is 2.30. The summed E-state index contributed by atoms with van der Waals surface area (Å²) in [5, 5.41) is 4.22. The smallest absolute Gasteiger partial charge is 0.126 e. The predicted molar refractivity (Wildman–Crippen MR) is 48.1 cm³/mol. The molecule has 0 amide bonds. The molecule has 0 aromatic carbocycles. The Labute approximate surface area is 72.0 Å². The minimum absolute atomic E-state index is 0.275. The average Bonchev–Trinajstić information content (AvgIpc) is 2.43. The van der Waals surface area contributed by atoms with Crippen molar-refractivity contribution in [1.82, 2.24) is 9.78 Å². The van der Waals surface area contributed by atoms with Gasteiger partial charge in [0.1, 0.15) is 5.82 Å². The molecule has 4 heteroatoms. The molecule has 1 aliphatic heterocycles. The lowest BCUT2D eigenvalue weighted by Crippen LogP contribution is -2.33. The zero-order valence-corrected chi connectivity index (χ0v) is 7.27. The molecule has 0 fully saturated rings. The van der Waals surface area contributed by atoms with Gasteiger partial charge in [-0.1, -0.05) is 0 Å². The van der Waals surface area contributed by atoms with Crippen LogP contribution < -0.4 is 10.6 Å². The Morgan fingerprint density at radius 3 is 3.33 bits per heavy atom. The first-order valence-corrected chi connectivity index (χ1v) is 4.26. The molecule has 2 N–H and O–H groups in total. The molecule has 0 spiro atoms. The third kappa shape index (κ3) is 1.18. The molecule has 0 aliphatic carbocycles. The van der Waals surface area contributed by atoms with Crippen LogP contribution in [-0.4, -0.2) is 29.4 Å². The van der Waals surface area contributed by atoms with Gasteiger partial charge in [0.05, 0.1) is 6.20 Å². The van der Waals surface area contributed by atoms with Crippen molar-refractivity contribution >= 4 is 5.82 Å². The van der Waals surface area contributed by atoms with Crippen LogP contribution in [-0.2, 0) is 6.54 Å². The van der Waals surface area contributed by atoms with Gasteiger partial charge in [-0.05, 0) is 6.42 Å². The van der Waals surface area contributed by atoms with Gasteiger partial charge in [0, 0.05) is 32.2 Å². The summed E-state index contributed by atoms with van der Waals surface area (Å²) < 4.78 is 2.01. The second-order valence-electron chi connectivity index (χ2n) is 3.34. The zero-order valence-electron chi connectivity index (χ0n) is 7.27. The van der Waals surface area contributed by atoms with E-state index in [1.807, 2.05) is 16.9 Å². The molecular formula is C8H14N4. The Hall–Kier alpha value is -1.03. The molecule has 0 saturated heterocycles. The summed E-state index contributed by atoms with van der Waals surface area (Å²) in [7, 11) is 2.05. The second kappa shape index (κ2) is 2.79. The van der Waals surface area contributed by atoms with Gasteiger partial charge in [0.2, 0.25) is 0 Å². The minimum Gasteiger partial charge on any atom is -0.358 e. The third-order valence-electron chi connectivity index (χ3n) is 2.31. The van der Waals surface area contributed by atoms with Gasteiger partial charge in [0.25, 0.3) is 0 Å². The summed E-state index contributed by atoms with van der Waals surface area (Å²) in [6.45, 7) is 1.86. The summed E-state index contributed by atoms with van der Waals surface area (Å²) in [6.07, 6.45) is 2.85. The first kappa shape index (κ1) is 7.61. The van der Waals surface area contributed by atoms with Crippen molar-refractivity contribution in [3.8, 4) is 0 Å². The number of fused-ring (bicyclic) bond motifs is 1. The van der Waals surface area contributed by atoms with E-state index in [0.717, 1.165) is 19.5 Å². The first-order valence-electron chi connectivity index (χ1n) is 4.26. The van der Waals surface area contributed by atoms with E-state index in [4.69, 9.17) is 5.73 Å². The molecule has 0 saturated carbocycles. The van der Waals surface area contributed by atoms with Crippen LogP contribution in [0.4, 0.5) is 5.82 Å². The van der Waals surface area contributed by atoms with Gasteiger partial charge in [-0.3, -0.25) is 0 Å². The second-order valence-corrected chi connectivity index (χ2v) is 3.34. The van der Waals surface area contributed by atoms with Crippen molar-refractivity contribution in [2.24, 2.45) is 5.73 Å². The molecule has 1 aliphatic rings. The van der Waals surface area contributed by atoms with E-state index in [-0.39, 0.29) is 6.04 Å². The van der Waals surface area contributed by atoms with Crippen molar-refractivity contribution in [3.05, 3.63) is 12.3 Å². The van der Waals surface area contributed by atoms with Gasteiger partial charge in [-0.15, -0.1) is 0 Å². The SMILES string of the molecule is CN1CC(N)CCn2nccc21. The van der Waals surface area contributed by atoms with Gasteiger partial charge in [0.15, 0.2) is 0 Å². The van der Waals surface area contributed by atoms with Crippen LogP contribution in [0, 0.1) is 0 Å². The number of hydrogen-bond donors (Lipinski definition) is 1. The zero-order chi connectivity index (χ0) is 8.55. The Morgan fingerprint density at radius 1 is 1.67 bits per heavy atom. The van der Waals surface area contributed by atoms with E-state index in [1.54, 1.807) is 0 Å². The van der Waals surface area contributed by atoms with E-state index < -0.39 is 0 Å². The number of hydrogen-bond acceptors (Lipinski definition) is 3. The Balaban J connectivity index is 2.29. The van der Waals surface area contributed by atoms with Crippen LogP contribution >= 0.6 is 0 Å². The molecule has 1 aromatic rings. The third-order valence-corrected chi connectivity index (χ3v) is 2.31. The number of nitrogens with zero attached hydrogens (tertiary/aromatic N) is 3. The normalized spacial score (nSPS) is 23.5. The Morgan fingerprint density at radius 2 is 2.50 bits per heavy atom. The number of anilines is 1. The molecule has 0 bridgehead atoms. The van der Waals surface area contributed by atoms with Crippen LogP contribution in [0.25, 0.3) is 0 Å². The highest BCUT2D eigenvalue weighted by atomic mass is 15.4. The fourth-order valence-electron chi connectivity index (χ4n) is 1.65. The van der Waals surface area contributed by atoms with Crippen LogP contribution in [0.3, 0.4) is 0 Å². The standard InChI is InChI=1S/C8H14N4/c1-11-6-7(9)3-5-12-8(11)2-4-10-12/h2,4,7H,3,5-6,9H2,1H3.